The second-order valence-electron chi connectivity index (χ2n) is 5.83. The van der Waals surface area contributed by atoms with Gasteiger partial charge in [0.1, 0.15) is 5.75 Å². The maximum atomic E-state index is 12.5. The molecule has 0 N–H and O–H groups in total. The average molecular weight is 407 g/mol. The Balaban J connectivity index is 3.40. The number of ether oxygens (including phenoxy) is 3. The highest BCUT2D eigenvalue weighted by Gasteiger charge is 2.53. The maximum absolute atomic E-state index is 12.5. The van der Waals surface area contributed by atoms with Crippen LogP contribution >= 0.6 is 0 Å². The van der Waals surface area contributed by atoms with Gasteiger partial charge >= 0.3 is 18.3 Å². The second kappa shape index (κ2) is 9.38. The first-order valence-electron chi connectivity index (χ1n) is 8.27. The van der Waals surface area contributed by atoms with Crippen LogP contribution in [0.5, 0.6) is 5.75 Å². The van der Waals surface area contributed by atoms with Crippen molar-refractivity contribution in [3.8, 4) is 5.75 Å². The van der Waals surface area contributed by atoms with E-state index < -0.39 is 46.9 Å². The van der Waals surface area contributed by atoms with Crippen molar-refractivity contribution in [3.05, 3.63) is 39.9 Å². The van der Waals surface area contributed by atoms with E-state index in [1.54, 1.807) is 0 Å². The monoisotopic (exact) mass is 407 g/mol. The number of benzene rings is 1. The first-order valence-corrected chi connectivity index (χ1v) is 8.27. The molecule has 1 aromatic carbocycles. The van der Waals surface area contributed by atoms with Crippen LogP contribution < -0.4 is 4.74 Å². The summed E-state index contributed by atoms with van der Waals surface area (Å²) in [6, 6.07) is 4.11. The lowest BCUT2D eigenvalue weighted by Gasteiger charge is -2.31. The Kier molecular flexibility index (Phi) is 7.77. The number of alkyl halides is 3. The fourth-order valence-electron chi connectivity index (χ4n) is 2.60. The Morgan fingerprint density at radius 3 is 1.89 bits per heavy atom. The predicted octanol–water partition coefficient (Wildman–Crippen LogP) is 3.08. The molecule has 0 heterocycles. The summed E-state index contributed by atoms with van der Waals surface area (Å²) in [5, 5.41) is 11.2. The summed E-state index contributed by atoms with van der Waals surface area (Å²) >= 11 is 0. The van der Waals surface area contributed by atoms with E-state index in [4.69, 9.17) is 9.47 Å². The third-order valence-corrected chi connectivity index (χ3v) is 3.94. The summed E-state index contributed by atoms with van der Waals surface area (Å²) in [7, 11) is 0. The Morgan fingerprint density at radius 2 is 1.54 bits per heavy atom. The van der Waals surface area contributed by atoms with Gasteiger partial charge in [-0.2, -0.15) is 0 Å². The number of carbonyl (C=O) groups excluding carboxylic acids is 2. The topological polar surface area (TPSA) is 105 Å². The number of nitro groups is 1. The molecule has 0 unspecified atom stereocenters. The van der Waals surface area contributed by atoms with Crippen molar-refractivity contribution in [2.75, 3.05) is 19.8 Å². The van der Waals surface area contributed by atoms with Gasteiger partial charge in [-0.25, -0.2) is 0 Å². The molecule has 0 saturated carbocycles. The number of halogens is 3. The standard InChI is InChI=1S/C17H20F3NO7/c1-4-26-14(22)16(3,15(23)27-5-2)13(10-21(24)25)11-6-8-12(9-7-11)28-17(18,19)20/h6-9,13H,4-5,10H2,1-3H3/t13-/m0/s1. The number of nitrogens with zero attached hydrogens (tertiary/aromatic N) is 1. The van der Waals surface area contributed by atoms with Crippen molar-refractivity contribution >= 4 is 11.9 Å². The molecule has 0 bridgehead atoms. The van der Waals surface area contributed by atoms with E-state index in [1.807, 2.05) is 0 Å². The van der Waals surface area contributed by atoms with Gasteiger partial charge in [-0.3, -0.25) is 19.7 Å². The number of hydrogen-bond donors (Lipinski definition) is 0. The van der Waals surface area contributed by atoms with Gasteiger partial charge in [0.2, 0.25) is 6.54 Å². The molecule has 0 radical (unpaired) electrons. The number of rotatable bonds is 9. The first kappa shape index (κ1) is 23.2. The molecule has 0 aromatic heterocycles. The van der Waals surface area contributed by atoms with Crippen molar-refractivity contribution in [1.29, 1.82) is 0 Å². The molecule has 156 valence electrons. The molecule has 11 heteroatoms. The zero-order valence-electron chi connectivity index (χ0n) is 15.4. The van der Waals surface area contributed by atoms with Crippen LogP contribution in [0.25, 0.3) is 0 Å². The molecule has 0 amide bonds. The van der Waals surface area contributed by atoms with Gasteiger partial charge in [0, 0.05) is 4.92 Å². The van der Waals surface area contributed by atoms with Gasteiger partial charge in [-0.15, -0.1) is 13.2 Å². The van der Waals surface area contributed by atoms with Crippen molar-refractivity contribution in [2.45, 2.75) is 33.1 Å². The van der Waals surface area contributed by atoms with Crippen LogP contribution in [0.4, 0.5) is 13.2 Å². The van der Waals surface area contributed by atoms with Crippen LogP contribution in [-0.4, -0.2) is 43.0 Å². The van der Waals surface area contributed by atoms with E-state index in [-0.39, 0.29) is 18.8 Å². The van der Waals surface area contributed by atoms with E-state index in [2.05, 4.69) is 4.74 Å². The van der Waals surface area contributed by atoms with Crippen LogP contribution in [0.2, 0.25) is 0 Å². The smallest absolute Gasteiger partial charge is 0.465 e. The molecule has 1 rings (SSSR count). The van der Waals surface area contributed by atoms with Crippen molar-refractivity contribution in [1.82, 2.24) is 0 Å². The lowest BCUT2D eigenvalue weighted by atomic mass is 9.73. The fourth-order valence-corrected chi connectivity index (χ4v) is 2.60. The minimum absolute atomic E-state index is 0.0785. The summed E-state index contributed by atoms with van der Waals surface area (Å²) < 4.78 is 50.5. The fraction of sp³-hybridized carbons (Fsp3) is 0.529. The quantitative estimate of drug-likeness (QED) is 0.268. The van der Waals surface area contributed by atoms with Crippen molar-refractivity contribution < 1.29 is 41.9 Å². The summed E-state index contributed by atoms with van der Waals surface area (Å²) in [4.78, 5) is 35.5. The molecule has 0 fully saturated rings. The number of esters is 2. The third-order valence-electron chi connectivity index (χ3n) is 3.94. The molecule has 1 atom stereocenters. The Bertz CT molecular complexity index is 686. The van der Waals surface area contributed by atoms with Crippen LogP contribution in [0, 0.1) is 15.5 Å². The molecule has 1 aromatic rings. The molecule has 0 aliphatic carbocycles. The zero-order chi connectivity index (χ0) is 21.5. The van der Waals surface area contributed by atoms with Gasteiger partial charge in [0.15, 0.2) is 5.41 Å². The van der Waals surface area contributed by atoms with Gasteiger partial charge in [0.05, 0.1) is 19.1 Å². The molecule has 0 aliphatic heterocycles. The van der Waals surface area contributed by atoms with Crippen molar-refractivity contribution in [3.63, 3.8) is 0 Å². The van der Waals surface area contributed by atoms with Gasteiger partial charge in [0.25, 0.3) is 0 Å². The highest BCUT2D eigenvalue weighted by molar-refractivity contribution is 6.00. The Labute approximate surface area is 158 Å². The largest absolute Gasteiger partial charge is 0.573 e. The molecule has 0 aliphatic rings. The van der Waals surface area contributed by atoms with Crippen LogP contribution in [0.1, 0.15) is 32.3 Å². The third kappa shape index (κ3) is 5.83. The number of hydrogen-bond acceptors (Lipinski definition) is 7. The summed E-state index contributed by atoms with van der Waals surface area (Å²) in [6.45, 7) is 3.12. The van der Waals surface area contributed by atoms with Crippen LogP contribution in [0.15, 0.2) is 24.3 Å². The lowest BCUT2D eigenvalue weighted by molar-refractivity contribution is -0.485. The Morgan fingerprint density at radius 1 is 1.07 bits per heavy atom. The van der Waals surface area contributed by atoms with E-state index in [9.17, 15) is 32.9 Å². The average Bonchev–Trinajstić information content (AvgIpc) is 2.58. The molecule has 0 saturated heterocycles. The maximum Gasteiger partial charge on any atom is 0.573 e. The molecule has 0 spiro atoms. The van der Waals surface area contributed by atoms with E-state index >= 15 is 0 Å². The molecule has 8 nitrogen and oxygen atoms in total. The molecular formula is C17H20F3NO7. The Hall–Kier alpha value is -2.85. The lowest BCUT2D eigenvalue weighted by Crippen LogP contribution is -2.46. The van der Waals surface area contributed by atoms with Crippen LogP contribution in [-0.2, 0) is 19.1 Å². The van der Waals surface area contributed by atoms with Gasteiger partial charge in [-0.1, -0.05) is 12.1 Å². The van der Waals surface area contributed by atoms with Gasteiger partial charge in [-0.05, 0) is 38.5 Å². The van der Waals surface area contributed by atoms with Gasteiger partial charge < -0.3 is 14.2 Å². The molecule has 28 heavy (non-hydrogen) atoms. The highest BCUT2D eigenvalue weighted by Crippen LogP contribution is 2.39. The predicted molar refractivity (Wildman–Crippen MR) is 89.1 cm³/mol. The minimum Gasteiger partial charge on any atom is -0.465 e. The zero-order valence-corrected chi connectivity index (χ0v) is 15.4. The molecular weight excluding hydrogens is 387 g/mol. The van der Waals surface area contributed by atoms with E-state index in [1.165, 1.54) is 13.8 Å². The number of carbonyl (C=O) groups is 2. The van der Waals surface area contributed by atoms with Crippen molar-refractivity contribution in [2.24, 2.45) is 5.41 Å². The summed E-state index contributed by atoms with van der Waals surface area (Å²) in [5.74, 6) is -3.96. The first-order chi connectivity index (χ1) is 13.0. The highest BCUT2D eigenvalue weighted by atomic mass is 19.4. The normalized spacial score (nSPS) is 12.8. The van der Waals surface area contributed by atoms with E-state index in [0.717, 1.165) is 31.2 Å². The SMILES string of the molecule is CCOC(=O)C(C)(C(=O)OCC)[C@@H](C[N+](=O)[O-])c1ccc(OC(F)(F)F)cc1. The summed E-state index contributed by atoms with van der Waals surface area (Å²) in [6.07, 6.45) is -4.91. The minimum atomic E-state index is -4.91. The van der Waals surface area contributed by atoms with E-state index in [0.29, 0.717) is 0 Å². The van der Waals surface area contributed by atoms with Crippen LogP contribution in [0.3, 0.4) is 0 Å². The second-order valence-corrected chi connectivity index (χ2v) is 5.83. The summed E-state index contributed by atoms with van der Waals surface area (Å²) in [5.41, 5.74) is -2.00.